The molecule has 0 radical (unpaired) electrons. The molecule has 0 spiro atoms. The van der Waals surface area contributed by atoms with E-state index in [1.165, 1.54) is 11.1 Å². The van der Waals surface area contributed by atoms with Crippen molar-refractivity contribution in [1.82, 2.24) is 0 Å². The van der Waals surface area contributed by atoms with E-state index in [2.05, 4.69) is 107 Å². The maximum Gasteiger partial charge on any atom is 0.128 e. The Morgan fingerprint density at radius 2 is 0.897 bits per heavy atom. The Labute approximate surface area is 237 Å². The molecule has 1 fully saturated rings. The molecular formula is C35H52N2O2. The van der Waals surface area contributed by atoms with E-state index in [0.717, 1.165) is 41.5 Å². The normalized spacial score (nSPS) is 19.5. The minimum absolute atomic E-state index is 0.0357. The van der Waals surface area contributed by atoms with E-state index in [-0.39, 0.29) is 33.7 Å². The first-order valence-electron chi connectivity index (χ1n) is 14.5. The fourth-order valence-electron chi connectivity index (χ4n) is 5.14. The molecule has 4 heteroatoms. The van der Waals surface area contributed by atoms with Gasteiger partial charge in [-0.25, -0.2) is 0 Å². The summed E-state index contributed by atoms with van der Waals surface area (Å²) in [6.45, 7) is 26.0. The average Bonchev–Trinajstić information content (AvgIpc) is 3.21. The van der Waals surface area contributed by atoms with Crippen LogP contribution in [0.4, 0.5) is 0 Å². The minimum Gasteiger partial charge on any atom is -0.507 e. The van der Waals surface area contributed by atoms with Gasteiger partial charge in [-0.2, -0.15) is 0 Å². The molecule has 2 unspecified atom stereocenters. The van der Waals surface area contributed by atoms with Crippen LogP contribution in [0.1, 0.15) is 136 Å². The topological polar surface area (TPSA) is 65.2 Å². The van der Waals surface area contributed by atoms with Crippen molar-refractivity contribution in [2.24, 2.45) is 9.98 Å². The predicted molar refractivity (Wildman–Crippen MR) is 168 cm³/mol. The Morgan fingerprint density at radius 1 is 0.564 bits per heavy atom. The molecule has 0 aromatic heterocycles. The first-order valence-corrected chi connectivity index (χ1v) is 14.5. The summed E-state index contributed by atoms with van der Waals surface area (Å²) in [5.41, 5.74) is 5.39. The van der Waals surface area contributed by atoms with Crippen molar-refractivity contribution in [2.75, 3.05) is 0 Å². The number of aromatic hydroxyl groups is 2. The van der Waals surface area contributed by atoms with E-state index in [9.17, 15) is 10.2 Å². The Bertz CT molecular complexity index is 1140. The van der Waals surface area contributed by atoms with E-state index >= 15 is 0 Å². The third-order valence-corrected chi connectivity index (χ3v) is 7.88. The van der Waals surface area contributed by atoms with E-state index in [1.807, 2.05) is 12.4 Å². The first-order chi connectivity index (χ1) is 17.7. The molecule has 2 aromatic rings. The second-order valence-electron chi connectivity index (χ2n) is 15.5. The maximum atomic E-state index is 11.2. The predicted octanol–water partition coefficient (Wildman–Crippen LogP) is 8.75. The van der Waals surface area contributed by atoms with Crippen molar-refractivity contribution in [3.63, 3.8) is 0 Å². The standard InChI is InChI=1S/C35H52N2O2/c1-32(2,3)24-16-22(30(38)26(18-24)34(7,8)9)20-36-28-14-13-15-29(28)37-21-23-17-25(33(4,5)6)19-27(31(23)39)35(10,11)12/h16-21,28-29,38-39H,13-15H2,1-12H3. The van der Waals surface area contributed by atoms with Gasteiger partial charge in [0.2, 0.25) is 0 Å². The molecule has 39 heavy (non-hydrogen) atoms. The summed E-state index contributed by atoms with van der Waals surface area (Å²) >= 11 is 0. The van der Waals surface area contributed by atoms with E-state index in [4.69, 9.17) is 9.98 Å². The zero-order chi connectivity index (χ0) is 29.6. The Balaban J connectivity index is 1.96. The van der Waals surface area contributed by atoms with Gasteiger partial charge in [0.15, 0.2) is 0 Å². The molecule has 1 saturated carbocycles. The first kappa shape index (κ1) is 30.9. The van der Waals surface area contributed by atoms with Gasteiger partial charge >= 0.3 is 0 Å². The summed E-state index contributed by atoms with van der Waals surface area (Å²) < 4.78 is 0. The second-order valence-corrected chi connectivity index (χ2v) is 15.5. The number of phenols is 2. The zero-order valence-electron chi connectivity index (χ0n) is 26.5. The molecule has 0 amide bonds. The van der Waals surface area contributed by atoms with Crippen molar-refractivity contribution >= 4 is 12.4 Å². The summed E-state index contributed by atoms with van der Waals surface area (Å²) in [4.78, 5) is 9.94. The van der Waals surface area contributed by atoms with Crippen LogP contribution in [0.25, 0.3) is 0 Å². The summed E-state index contributed by atoms with van der Waals surface area (Å²) in [7, 11) is 0. The molecule has 214 valence electrons. The average molecular weight is 533 g/mol. The van der Waals surface area contributed by atoms with Crippen LogP contribution >= 0.6 is 0 Å². The summed E-state index contributed by atoms with van der Waals surface area (Å²) in [6, 6.07) is 8.52. The number of aliphatic imine (C=N–C) groups is 2. The van der Waals surface area contributed by atoms with Crippen LogP contribution in [0, 0.1) is 0 Å². The molecule has 1 aliphatic carbocycles. The molecule has 0 aliphatic heterocycles. The molecule has 0 heterocycles. The van der Waals surface area contributed by atoms with Crippen LogP contribution in [-0.2, 0) is 21.7 Å². The van der Waals surface area contributed by atoms with Crippen molar-refractivity contribution in [3.8, 4) is 11.5 Å². The van der Waals surface area contributed by atoms with Gasteiger partial charge in [0.05, 0.1) is 12.1 Å². The molecular weight excluding hydrogens is 480 g/mol. The lowest BCUT2D eigenvalue weighted by atomic mass is 9.79. The number of hydrogen-bond donors (Lipinski definition) is 2. The number of nitrogens with zero attached hydrogens (tertiary/aromatic N) is 2. The Kier molecular flexibility index (Phi) is 8.52. The second kappa shape index (κ2) is 10.7. The molecule has 2 aromatic carbocycles. The lowest BCUT2D eigenvalue weighted by Crippen LogP contribution is -2.19. The summed E-state index contributed by atoms with van der Waals surface area (Å²) in [6.07, 6.45) is 6.70. The van der Waals surface area contributed by atoms with E-state index in [1.54, 1.807) is 0 Å². The van der Waals surface area contributed by atoms with Crippen molar-refractivity contribution in [3.05, 3.63) is 57.6 Å². The van der Waals surface area contributed by atoms with Gasteiger partial charge < -0.3 is 10.2 Å². The van der Waals surface area contributed by atoms with E-state index in [0.29, 0.717) is 11.5 Å². The quantitative estimate of drug-likeness (QED) is 0.387. The van der Waals surface area contributed by atoms with Gasteiger partial charge in [0, 0.05) is 34.7 Å². The maximum absolute atomic E-state index is 11.2. The summed E-state index contributed by atoms with van der Waals surface area (Å²) in [5.74, 6) is 0.631. The highest BCUT2D eigenvalue weighted by atomic mass is 16.3. The van der Waals surface area contributed by atoms with Gasteiger partial charge in [-0.3, -0.25) is 9.98 Å². The van der Waals surface area contributed by atoms with Crippen LogP contribution in [0.3, 0.4) is 0 Å². The molecule has 0 bridgehead atoms. The molecule has 4 nitrogen and oxygen atoms in total. The minimum atomic E-state index is -0.177. The fourth-order valence-corrected chi connectivity index (χ4v) is 5.14. The SMILES string of the molecule is CC(C)(C)c1cc(C=NC2CCCC2N=Cc2cc(C(C)(C)C)cc(C(C)(C)C)c2O)c(O)c(C(C)(C)C)c1. The van der Waals surface area contributed by atoms with Crippen molar-refractivity contribution in [2.45, 2.75) is 136 Å². The highest BCUT2D eigenvalue weighted by Gasteiger charge is 2.28. The molecule has 1 aliphatic rings. The van der Waals surface area contributed by atoms with Crippen molar-refractivity contribution in [1.29, 1.82) is 0 Å². The number of hydrogen-bond acceptors (Lipinski definition) is 4. The fraction of sp³-hybridized carbons (Fsp3) is 0.600. The van der Waals surface area contributed by atoms with Gasteiger partial charge in [-0.1, -0.05) is 95.2 Å². The Hall–Kier alpha value is -2.62. The molecule has 0 saturated heterocycles. The van der Waals surface area contributed by atoms with Crippen LogP contribution < -0.4 is 0 Å². The molecule has 3 rings (SSSR count). The molecule has 2 N–H and O–H groups in total. The van der Waals surface area contributed by atoms with Gasteiger partial charge in [0.1, 0.15) is 11.5 Å². The van der Waals surface area contributed by atoms with Gasteiger partial charge in [-0.15, -0.1) is 0 Å². The van der Waals surface area contributed by atoms with Crippen LogP contribution in [0.5, 0.6) is 11.5 Å². The third kappa shape index (κ3) is 7.32. The molecule has 2 atom stereocenters. The van der Waals surface area contributed by atoms with Crippen LogP contribution in [0.2, 0.25) is 0 Å². The Morgan fingerprint density at radius 3 is 1.18 bits per heavy atom. The summed E-state index contributed by atoms with van der Waals surface area (Å²) in [5, 5.41) is 22.3. The lowest BCUT2D eigenvalue weighted by molar-refractivity contribution is 0.443. The van der Waals surface area contributed by atoms with Gasteiger partial charge in [0.25, 0.3) is 0 Å². The van der Waals surface area contributed by atoms with Crippen molar-refractivity contribution < 1.29 is 10.2 Å². The monoisotopic (exact) mass is 532 g/mol. The number of phenolic OH excluding ortho intramolecular Hbond substituents is 2. The number of benzene rings is 2. The smallest absolute Gasteiger partial charge is 0.128 e. The van der Waals surface area contributed by atoms with Crippen LogP contribution in [0.15, 0.2) is 34.3 Å². The van der Waals surface area contributed by atoms with E-state index < -0.39 is 0 Å². The highest BCUT2D eigenvalue weighted by Crippen LogP contribution is 2.39. The third-order valence-electron chi connectivity index (χ3n) is 7.88. The highest BCUT2D eigenvalue weighted by molar-refractivity contribution is 5.86. The lowest BCUT2D eigenvalue weighted by Gasteiger charge is -2.27. The zero-order valence-corrected chi connectivity index (χ0v) is 26.5. The van der Waals surface area contributed by atoms with Gasteiger partial charge in [-0.05, 0) is 64.2 Å². The largest absolute Gasteiger partial charge is 0.507 e. The van der Waals surface area contributed by atoms with Crippen LogP contribution in [-0.4, -0.2) is 34.7 Å². The number of rotatable bonds is 4.